The minimum absolute atomic E-state index is 0. The van der Waals surface area contributed by atoms with Crippen LogP contribution >= 0.6 is 0 Å². The summed E-state index contributed by atoms with van der Waals surface area (Å²) in [6, 6.07) is 0. The molecule has 0 heterocycles. The second-order valence-electron chi connectivity index (χ2n) is 2.47. The van der Waals surface area contributed by atoms with E-state index < -0.39 is 0 Å². The molecule has 11 heavy (non-hydrogen) atoms. The molecule has 66 valence electrons. The smallest absolute Gasteiger partial charge is 0.132 e. The van der Waals surface area contributed by atoms with Crippen molar-refractivity contribution in [2.75, 3.05) is 0 Å². The van der Waals surface area contributed by atoms with Gasteiger partial charge in [0.15, 0.2) is 0 Å². The average molecular weight is 157 g/mol. The fourth-order valence-electron chi connectivity index (χ4n) is 0.847. The van der Waals surface area contributed by atoms with Crippen molar-refractivity contribution in [2.45, 2.75) is 39.0 Å². The molecule has 0 aromatic heterocycles. The molecule has 0 unspecified atom stereocenters. The lowest BCUT2D eigenvalue weighted by atomic mass is 10.1. The van der Waals surface area contributed by atoms with Gasteiger partial charge >= 0.3 is 0 Å². The van der Waals surface area contributed by atoms with Gasteiger partial charge in [0, 0.05) is 12.8 Å². The van der Waals surface area contributed by atoms with E-state index in [2.05, 4.69) is 6.58 Å². The van der Waals surface area contributed by atoms with Crippen LogP contribution in [0.3, 0.4) is 0 Å². The first kappa shape index (κ1) is 13.0. The van der Waals surface area contributed by atoms with E-state index in [-0.39, 0.29) is 6.15 Å². The Hall–Kier alpha value is -0.630. The van der Waals surface area contributed by atoms with Crippen molar-refractivity contribution in [1.82, 2.24) is 6.15 Å². The minimum atomic E-state index is 0. The Kier molecular flexibility index (Phi) is 11.1. The Bertz CT molecular complexity index is 110. The topological polar surface area (TPSA) is 52.1 Å². The number of hydrogen-bond acceptors (Lipinski definition) is 2. The number of hydrogen-bond donors (Lipinski definition) is 1. The molecule has 2 heteroatoms. The van der Waals surface area contributed by atoms with E-state index in [1.165, 1.54) is 0 Å². The molecule has 0 amide bonds. The minimum Gasteiger partial charge on any atom is -0.344 e. The number of carbonyl (C=O) groups is 1. The van der Waals surface area contributed by atoms with Crippen LogP contribution < -0.4 is 6.15 Å². The summed E-state index contributed by atoms with van der Waals surface area (Å²) in [5.74, 6) is 0.393. The number of rotatable bonds is 6. The molecule has 0 spiro atoms. The molecular formula is C9H19NO. The molecule has 0 radical (unpaired) electrons. The van der Waals surface area contributed by atoms with Crippen LogP contribution in [0.15, 0.2) is 12.7 Å². The molecule has 2 nitrogen and oxygen atoms in total. The molecule has 0 aliphatic rings. The van der Waals surface area contributed by atoms with Crippen molar-refractivity contribution in [3.8, 4) is 0 Å². The third-order valence-corrected chi connectivity index (χ3v) is 1.39. The SMILES string of the molecule is C=CCCCC(=O)CCC.N. The highest BCUT2D eigenvalue weighted by Crippen LogP contribution is 2.00. The number of allylic oxidation sites excluding steroid dienone is 1. The fourth-order valence-corrected chi connectivity index (χ4v) is 0.847. The van der Waals surface area contributed by atoms with Crippen molar-refractivity contribution in [1.29, 1.82) is 0 Å². The summed E-state index contributed by atoms with van der Waals surface area (Å²) in [6.45, 7) is 5.63. The zero-order chi connectivity index (χ0) is 7.82. The van der Waals surface area contributed by atoms with Gasteiger partial charge in [-0.1, -0.05) is 13.0 Å². The third kappa shape index (κ3) is 9.37. The Morgan fingerprint density at radius 1 is 1.45 bits per heavy atom. The van der Waals surface area contributed by atoms with Gasteiger partial charge in [-0.15, -0.1) is 6.58 Å². The lowest BCUT2D eigenvalue weighted by Crippen LogP contribution is -1.95. The number of Topliss-reactive ketones (excluding diaryl/α,β-unsaturated/α-hetero) is 1. The van der Waals surface area contributed by atoms with Crippen LogP contribution in [-0.2, 0) is 4.79 Å². The molecule has 0 aromatic carbocycles. The molecule has 0 atom stereocenters. The zero-order valence-electron chi connectivity index (χ0n) is 7.44. The van der Waals surface area contributed by atoms with E-state index in [4.69, 9.17) is 0 Å². The van der Waals surface area contributed by atoms with Gasteiger partial charge in [0.05, 0.1) is 0 Å². The maximum absolute atomic E-state index is 10.9. The normalized spacial score (nSPS) is 8.45. The lowest BCUT2D eigenvalue weighted by molar-refractivity contribution is -0.119. The van der Waals surface area contributed by atoms with Crippen LogP contribution in [0.5, 0.6) is 0 Å². The van der Waals surface area contributed by atoms with E-state index >= 15 is 0 Å². The van der Waals surface area contributed by atoms with Crippen LogP contribution in [0.4, 0.5) is 0 Å². The highest BCUT2D eigenvalue weighted by molar-refractivity contribution is 5.78. The third-order valence-electron chi connectivity index (χ3n) is 1.39. The molecule has 0 aromatic rings. The van der Waals surface area contributed by atoms with Crippen molar-refractivity contribution in [3.63, 3.8) is 0 Å². The van der Waals surface area contributed by atoms with E-state index in [1.54, 1.807) is 0 Å². The molecule has 0 saturated heterocycles. The molecule has 0 rings (SSSR count). The Balaban J connectivity index is 0. The lowest BCUT2D eigenvalue weighted by Gasteiger charge is -1.94. The van der Waals surface area contributed by atoms with Crippen molar-refractivity contribution in [3.05, 3.63) is 12.7 Å². The van der Waals surface area contributed by atoms with Crippen LogP contribution in [0.2, 0.25) is 0 Å². The second-order valence-corrected chi connectivity index (χ2v) is 2.47. The molecule has 0 fully saturated rings. The van der Waals surface area contributed by atoms with E-state index in [9.17, 15) is 4.79 Å². The Labute approximate surface area is 69.3 Å². The molecular weight excluding hydrogens is 138 g/mol. The highest BCUT2D eigenvalue weighted by atomic mass is 16.1. The van der Waals surface area contributed by atoms with Gasteiger partial charge in [-0.2, -0.15) is 0 Å². The summed E-state index contributed by atoms with van der Waals surface area (Å²) in [6.07, 6.45) is 6.26. The van der Waals surface area contributed by atoms with E-state index in [0.29, 0.717) is 5.78 Å². The maximum Gasteiger partial charge on any atom is 0.132 e. The van der Waals surface area contributed by atoms with Gasteiger partial charge < -0.3 is 6.15 Å². The number of carbonyl (C=O) groups excluding carboxylic acids is 1. The quantitative estimate of drug-likeness (QED) is 0.476. The molecule has 0 aliphatic heterocycles. The zero-order valence-corrected chi connectivity index (χ0v) is 7.44. The van der Waals surface area contributed by atoms with Gasteiger partial charge in [-0.3, -0.25) is 4.79 Å². The summed E-state index contributed by atoms with van der Waals surface area (Å²) in [4.78, 5) is 10.9. The molecule has 0 bridgehead atoms. The summed E-state index contributed by atoms with van der Waals surface area (Å²) in [7, 11) is 0. The van der Waals surface area contributed by atoms with E-state index in [1.807, 2.05) is 13.0 Å². The predicted molar refractivity (Wildman–Crippen MR) is 49.0 cm³/mol. The Morgan fingerprint density at radius 2 is 2.09 bits per heavy atom. The Morgan fingerprint density at radius 3 is 2.55 bits per heavy atom. The standard InChI is InChI=1S/C9H16O.H3N/c1-3-5-6-8-9(10)7-4-2;/h3H,1,4-8H2,2H3;1H3. The maximum atomic E-state index is 10.9. The van der Waals surface area contributed by atoms with Gasteiger partial charge in [0.1, 0.15) is 5.78 Å². The van der Waals surface area contributed by atoms with Gasteiger partial charge in [-0.05, 0) is 19.3 Å². The number of unbranched alkanes of at least 4 members (excludes halogenated alkanes) is 1. The van der Waals surface area contributed by atoms with Crippen molar-refractivity contribution in [2.24, 2.45) is 0 Å². The molecule has 0 aliphatic carbocycles. The summed E-state index contributed by atoms with van der Waals surface area (Å²) in [5, 5.41) is 0. The summed E-state index contributed by atoms with van der Waals surface area (Å²) >= 11 is 0. The van der Waals surface area contributed by atoms with Gasteiger partial charge in [0.25, 0.3) is 0 Å². The van der Waals surface area contributed by atoms with Gasteiger partial charge in [-0.25, -0.2) is 0 Å². The van der Waals surface area contributed by atoms with Crippen molar-refractivity contribution < 1.29 is 4.79 Å². The fraction of sp³-hybridized carbons (Fsp3) is 0.667. The predicted octanol–water partition coefficient (Wildman–Crippen LogP) is 2.87. The van der Waals surface area contributed by atoms with E-state index in [0.717, 1.165) is 32.1 Å². The first-order valence-corrected chi connectivity index (χ1v) is 3.93. The van der Waals surface area contributed by atoms with Crippen LogP contribution in [-0.4, -0.2) is 5.78 Å². The molecule has 3 N–H and O–H groups in total. The first-order valence-electron chi connectivity index (χ1n) is 3.93. The van der Waals surface area contributed by atoms with Crippen LogP contribution in [0.25, 0.3) is 0 Å². The number of ketones is 1. The monoisotopic (exact) mass is 157 g/mol. The van der Waals surface area contributed by atoms with Gasteiger partial charge in [0.2, 0.25) is 0 Å². The summed E-state index contributed by atoms with van der Waals surface area (Å²) < 4.78 is 0. The molecule has 0 saturated carbocycles. The summed E-state index contributed by atoms with van der Waals surface area (Å²) in [5.41, 5.74) is 0. The average Bonchev–Trinajstić information content (AvgIpc) is 1.89. The van der Waals surface area contributed by atoms with Crippen molar-refractivity contribution >= 4 is 5.78 Å². The second kappa shape index (κ2) is 9.37. The highest BCUT2D eigenvalue weighted by Gasteiger charge is 1.97. The first-order chi connectivity index (χ1) is 4.81. The van der Waals surface area contributed by atoms with Crippen LogP contribution in [0, 0.1) is 0 Å². The van der Waals surface area contributed by atoms with Crippen LogP contribution in [0.1, 0.15) is 39.0 Å². The largest absolute Gasteiger partial charge is 0.344 e.